The van der Waals surface area contributed by atoms with Gasteiger partial charge in [0.25, 0.3) is 0 Å². The zero-order valence-electron chi connectivity index (χ0n) is 12.4. The predicted octanol–water partition coefficient (Wildman–Crippen LogP) is 2.55. The molecule has 2 aromatic rings. The standard InChI is InChI=1S/C19H19NO2/c21-18-13-16(11-14-7-3-1-4-8-14)19(22)20-17(18)12-15-9-5-2-6-10-15/h1-10,16-17H,11-13H2,(H,20,22)/t16-,17+/m1/s1. The number of hydrogen-bond donors (Lipinski definition) is 1. The van der Waals surface area contributed by atoms with Crippen molar-refractivity contribution in [2.24, 2.45) is 5.92 Å². The Bertz CT molecular complexity index is 592. The van der Waals surface area contributed by atoms with Crippen LogP contribution in [-0.2, 0) is 22.4 Å². The first kappa shape index (κ1) is 14.5. The Hall–Kier alpha value is -2.42. The van der Waals surface area contributed by atoms with Gasteiger partial charge in [-0.2, -0.15) is 0 Å². The topological polar surface area (TPSA) is 46.2 Å². The minimum atomic E-state index is -0.387. The van der Waals surface area contributed by atoms with Crippen molar-refractivity contribution in [1.29, 1.82) is 0 Å². The molecule has 3 nitrogen and oxygen atoms in total. The summed E-state index contributed by atoms with van der Waals surface area (Å²) < 4.78 is 0. The molecule has 1 N–H and O–H groups in total. The van der Waals surface area contributed by atoms with E-state index in [1.165, 1.54) is 0 Å². The van der Waals surface area contributed by atoms with Crippen molar-refractivity contribution in [3.63, 3.8) is 0 Å². The second-order valence-electron chi connectivity index (χ2n) is 5.81. The average Bonchev–Trinajstić information content (AvgIpc) is 2.54. The Morgan fingerprint density at radius 1 is 0.818 bits per heavy atom. The predicted molar refractivity (Wildman–Crippen MR) is 85.3 cm³/mol. The first-order valence-corrected chi connectivity index (χ1v) is 7.63. The fourth-order valence-corrected chi connectivity index (χ4v) is 2.93. The fourth-order valence-electron chi connectivity index (χ4n) is 2.93. The van der Waals surface area contributed by atoms with Gasteiger partial charge in [0.1, 0.15) is 0 Å². The van der Waals surface area contributed by atoms with Gasteiger partial charge in [-0.25, -0.2) is 0 Å². The molecule has 1 aliphatic rings. The van der Waals surface area contributed by atoms with E-state index in [0.29, 0.717) is 19.3 Å². The van der Waals surface area contributed by atoms with Crippen molar-refractivity contribution in [3.8, 4) is 0 Å². The summed E-state index contributed by atoms with van der Waals surface area (Å²) in [6.45, 7) is 0. The van der Waals surface area contributed by atoms with Gasteiger partial charge in [-0.15, -0.1) is 0 Å². The number of nitrogens with one attached hydrogen (secondary N) is 1. The maximum atomic E-state index is 12.3. The third kappa shape index (κ3) is 3.42. The number of amides is 1. The second kappa shape index (κ2) is 6.56. The van der Waals surface area contributed by atoms with Gasteiger partial charge in [-0.05, 0) is 24.0 Å². The highest BCUT2D eigenvalue weighted by Crippen LogP contribution is 2.20. The number of benzene rings is 2. The number of rotatable bonds is 4. The number of Topliss-reactive ketones (excluding diaryl/α,β-unsaturated/α-hetero) is 1. The lowest BCUT2D eigenvalue weighted by atomic mass is 9.86. The summed E-state index contributed by atoms with van der Waals surface area (Å²) >= 11 is 0. The third-order valence-corrected chi connectivity index (χ3v) is 4.13. The van der Waals surface area contributed by atoms with Crippen LogP contribution in [0.15, 0.2) is 60.7 Å². The van der Waals surface area contributed by atoms with Crippen LogP contribution in [-0.4, -0.2) is 17.7 Å². The Kier molecular flexibility index (Phi) is 4.33. The van der Waals surface area contributed by atoms with Crippen molar-refractivity contribution in [1.82, 2.24) is 5.32 Å². The summed E-state index contributed by atoms with van der Waals surface area (Å²) in [6.07, 6.45) is 1.53. The van der Waals surface area contributed by atoms with Gasteiger partial charge >= 0.3 is 0 Å². The summed E-state index contributed by atoms with van der Waals surface area (Å²) in [5.74, 6) is -0.129. The zero-order valence-corrected chi connectivity index (χ0v) is 12.4. The van der Waals surface area contributed by atoms with Gasteiger partial charge in [-0.1, -0.05) is 60.7 Å². The van der Waals surface area contributed by atoms with E-state index in [4.69, 9.17) is 0 Å². The van der Waals surface area contributed by atoms with Gasteiger partial charge in [-0.3, -0.25) is 9.59 Å². The van der Waals surface area contributed by atoms with E-state index in [9.17, 15) is 9.59 Å². The largest absolute Gasteiger partial charge is 0.346 e. The summed E-state index contributed by atoms with van der Waals surface area (Å²) in [5.41, 5.74) is 2.17. The lowest BCUT2D eigenvalue weighted by Gasteiger charge is -2.28. The molecule has 22 heavy (non-hydrogen) atoms. The maximum absolute atomic E-state index is 12.3. The molecule has 112 valence electrons. The van der Waals surface area contributed by atoms with Crippen LogP contribution in [0, 0.1) is 5.92 Å². The maximum Gasteiger partial charge on any atom is 0.224 e. The first-order chi connectivity index (χ1) is 10.7. The molecule has 0 saturated carbocycles. The van der Waals surface area contributed by atoms with Crippen LogP contribution >= 0.6 is 0 Å². The van der Waals surface area contributed by atoms with E-state index in [1.807, 2.05) is 60.7 Å². The van der Waals surface area contributed by atoms with E-state index >= 15 is 0 Å². The van der Waals surface area contributed by atoms with E-state index in [-0.39, 0.29) is 23.7 Å². The quantitative estimate of drug-likeness (QED) is 0.941. The van der Waals surface area contributed by atoms with E-state index in [2.05, 4.69) is 5.32 Å². The van der Waals surface area contributed by atoms with Crippen LogP contribution in [0.4, 0.5) is 0 Å². The molecule has 0 aromatic heterocycles. The summed E-state index contributed by atoms with van der Waals surface area (Å²) in [6, 6.07) is 19.3. The Morgan fingerprint density at radius 2 is 1.36 bits per heavy atom. The summed E-state index contributed by atoms with van der Waals surface area (Å²) in [4.78, 5) is 24.6. The van der Waals surface area contributed by atoms with Gasteiger partial charge in [0.05, 0.1) is 6.04 Å². The number of piperidine rings is 1. The minimum Gasteiger partial charge on any atom is -0.346 e. The van der Waals surface area contributed by atoms with Crippen LogP contribution in [0.25, 0.3) is 0 Å². The molecule has 0 unspecified atom stereocenters. The number of carbonyl (C=O) groups is 2. The van der Waals surface area contributed by atoms with Crippen molar-refractivity contribution < 1.29 is 9.59 Å². The van der Waals surface area contributed by atoms with E-state index in [1.54, 1.807) is 0 Å². The molecule has 0 spiro atoms. The van der Waals surface area contributed by atoms with Crippen LogP contribution in [0.5, 0.6) is 0 Å². The highest BCUT2D eigenvalue weighted by atomic mass is 16.2. The number of carbonyl (C=O) groups excluding carboxylic acids is 2. The lowest BCUT2D eigenvalue weighted by molar-refractivity contribution is -0.136. The summed E-state index contributed by atoms with van der Waals surface area (Å²) in [7, 11) is 0. The lowest BCUT2D eigenvalue weighted by Crippen LogP contribution is -2.51. The normalized spacial score (nSPS) is 21.5. The molecule has 2 atom stereocenters. The third-order valence-electron chi connectivity index (χ3n) is 4.13. The van der Waals surface area contributed by atoms with Crippen molar-refractivity contribution >= 4 is 11.7 Å². The fraction of sp³-hybridized carbons (Fsp3) is 0.263. The van der Waals surface area contributed by atoms with Crippen LogP contribution in [0.1, 0.15) is 17.5 Å². The van der Waals surface area contributed by atoms with Crippen LogP contribution in [0.3, 0.4) is 0 Å². The molecule has 2 aromatic carbocycles. The monoisotopic (exact) mass is 293 g/mol. The number of hydrogen-bond acceptors (Lipinski definition) is 2. The molecule has 3 heteroatoms. The Balaban J connectivity index is 1.64. The van der Waals surface area contributed by atoms with Gasteiger partial charge in [0.15, 0.2) is 5.78 Å². The molecular weight excluding hydrogens is 274 g/mol. The molecule has 0 aliphatic carbocycles. The van der Waals surface area contributed by atoms with Crippen molar-refractivity contribution in [2.45, 2.75) is 25.3 Å². The minimum absolute atomic E-state index is 0.00983. The smallest absolute Gasteiger partial charge is 0.224 e. The van der Waals surface area contributed by atoms with Crippen molar-refractivity contribution in [2.75, 3.05) is 0 Å². The summed E-state index contributed by atoms with van der Waals surface area (Å²) in [5, 5.41) is 2.90. The van der Waals surface area contributed by atoms with Crippen LogP contribution in [0.2, 0.25) is 0 Å². The van der Waals surface area contributed by atoms with E-state index < -0.39 is 0 Å². The SMILES string of the molecule is O=C1N[C@@H](Cc2ccccc2)C(=O)C[C@H]1Cc1ccccc1. The molecule has 1 fully saturated rings. The molecule has 1 aliphatic heterocycles. The first-order valence-electron chi connectivity index (χ1n) is 7.63. The van der Waals surface area contributed by atoms with E-state index in [0.717, 1.165) is 11.1 Å². The molecule has 1 heterocycles. The highest BCUT2D eigenvalue weighted by molar-refractivity contribution is 5.97. The highest BCUT2D eigenvalue weighted by Gasteiger charge is 2.34. The molecule has 0 bridgehead atoms. The molecule has 0 radical (unpaired) electrons. The number of ketones is 1. The van der Waals surface area contributed by atoms with Crippen LogP contribution < -0.4 is 5.32 Å². The van der Waals surface area contributed by atoms with Crippen molar-refractivity contribution in [3.05, 3.63) is 71.8 Å². The molecule has 1 saturated heterocycles. The van der Waals surface area contributed by atoms with Gasteiger partial charge < -0.3 is 5.32 Å². The Morgan fingerprint density at radius 3 is 1.95 bits per heavy atom. The van der Waals surface area contributed by atoms with Gasteiger partial charge in [0.2, 0.25) is 5.91 Å². The molecule has 3 rings (SSSR count). The zero-order chi connectivity index (χ0) is 15.4. The average molecular weight is 293 g/mol. The molecular formula is C19H19NO2. The molecule has 1 amide bonds. The second-order valence-corrected chi connectivity index (χ2v) is 5.81. The Labute approximate surface area is 130 Å². The van der Waals surface area contributed by atoms with Gasteiger partial charge in [0, 0.05) is 12.3 Å².